The number of hydrogen-bond acceptors (Lipinski definition) is 2. The Balaban J connectivity index is 1.04. The minimum absolute atomic E-state index is 0.0816. The van der Waals surface area contributed by atoms with E-state index in [0.29, 0.717) is 11.5 Å². The van der Waals surface area contributed by atoms with Crippen LogP contribution in [0.15, 0.2) is 218 Å². The molecule has 63 heavy (non-hydrogen) atoms. The molecule has 8 aromatic rings. The summed E-state index contributed by atoms with van der Waals surface area (Å²) in [6.45, 7) is 4.46. The van der Waals surface area contributed by atoms with E-state index in [-0.39, 0.29) is 11.5 Å². The van der Waals surface area contributed by atoms with Gasteiger partial charge in [0.2, 0.25) is 5.41 Å². The Hall–Kier alpha value is -6.20. The molecular weight excluding hydrogens is 845 g/mol. The number of rotatable bonds is 12. The molecule has 0 heterocycles. The Morgan fingerprint density at radius 1 is 0.286 bits per heavy atom. The fourth-order valence-corrected chi connectivity index (χ4v) is 14.6. The summed E-state index contributed by atoms with van der Waals surface area (Å²) in [5.74, 6) is 0.923. The lowest BCUT2D eigenvalue weighted by Gasteiger charge is -2.38. The molecule has 0 bridgehead atoms. The van der Waals surface area contributed by atoms with E-state index in [1.165, 1.54) is 21.2 Å². The molecule has 0 fully saturated rings. The minimum Gasteiger partial charge on any atom is -0.457 e. The fraction of sp³-hybridized carbons (Fsp3) is 0.0943. The van der Waals surface area contributed by atoms with Crippen LogP contribution >= 0.6 is 14.5 Å². The van der Waals surface area contributed by atoms with Crippen molar-refractivity contribution in [3.05, 3.63) is 230 Å². The van der Waals surface area contributed by atoms with Gasteiger partial charge in [0.1, 0.15) is 69.4 Å². The molecule has 2 nitrogen and oxygen atoms in total. The van der Waals surface area contributed by atoms with Crippen molar-refractivity contribution < 1.29 is 35.8 Å². The second kappa shape index (κ2) is 17.5. The monoisotopic (exact) mass is 886 g/mol. The van der Waals surface area contributed by atoms with Gasteiger partial charge in [-0.05, 0) is 132 Å². The van der Waals surface area contributed by atoms with E-state index >= 15 is 26.3 Å². The van der Waals surface area contributed by atoms with Crippen LogP contribution in [0.4, 0.5) is 26.3 Å². The molecular formula is C53H42F6O2P2+2. The van der Waals surface area contributed by atoms with Gasteiger partial charge in [0.25, 0.3) is 0 Å². The van der Waals surface area contributed by atoms with Crippen molar-refractivity contribution in [1.29, 1.82) is 0 Å². The van der Waals surface area contributed by atoms with Crippen molar-refractivity contribution in [2.75, 3.05) is 13.3 Å². The molecule has 0 aliphatic rings. The van der Waals surface area contributed by atoms with Crippen molar-refractivity contribution in [3.63, 3.8) is 0 Å². The van der Waals surface area contributed by atoms with Gasteiger partial charge in [0.15, 0.2) is 0 Å². The lowest BCUT2D eigenvalue weighted by molar-refractivity contribution is -0.288. The van der Waals surface area contributed by atoms with Crippen molar-refractivity contribution in [2.45, 2.75) is 17.8 Å². The van der Waals surface area contributed by atoms with E-state index < -0.39 is 43.4 Å². The zero-order chi connectivity index (χ0) is 44.3. The average molecular weight is 887 g/mol. The summed E-state index contributed by atoms with van der Waals surface area (Å²) in [6, 6.07) is 63.4. The standard InChI is InChI=1S/C53H42F6O2P2/c1-62(45-15-7-3-8-16-45,46-17-9-4-10-18-46)49-35-31-43(32-36-49)60-41-27-23-39(24-28-41)51(52(54,55)56,53(57,58)59)40-25-29-42(30-26-40)61-44-33-37-50(38-34-44)63(2,47-19-11-5-12-20-47)48-21-13-6-14-22-48/h3-38H,1-2H3/q+2. The summed E-state index contributed by atoms with van der Waals surface area (Å²) >= 11 is 0. The van der Waals surface area contributed by atoms with Crippen LogP contribution in [-0.4, -0.2) is 25.7 Å². The van der Waals surface area contributed by atoms with Gasteiger partial charge in [0, 0.05) is 0 Å². The summed E-state index contributed by atoms with van der Waals surface area (Å²) in [5, 5.41) is 6.86. The second-order valence-corrected chi connectivity index (χ2v) is 22.5. The van der Waals surface area contributed by atoms with Crippen LogP contribution in [0.5, 0.6) is 23.0 Å². The van der Waals surface area contributed by atoms with E-state index in [2.05, 4.69) is 61.9 Å². The van der Waals surface area contributed by atoms with Gasteiger partial charge in [-0.1, -0.05) is 97.1 Å². The highest BCUT2D eigenvalue weighted by Gasteiger charge is 2.72. The molecule has 316 valence electrons. The van der Waals surface area contributed by atoms with E-state index in [9.17, 15) is 0 Å². The summed E-state index contributed by atoms with van der Waals surface area (Å²) in [6.07, 6.45) is -11.5. The average Bonchev–Trinajstić information content (AvgIpc) is 3.30. The van der Waals surface area contributed by atoms with Crippen LogP contribution in [0.25, 0.3) is 0 Å². The van der Waals surface area contributed by atoms with Gasteiger partial charge < -0.3 is 9.47 Å². The molecule has 0 aliphatic heterocycles. The van der Waals surface area contributed by atoms with Gasteiger partial charge in [0.05, 0.1) is 13.3 Å². The summed E-state index contributed by atoms with van der Waals surface area (Å²) in [7, 11) is -4.08. The predicted molar refractivity (Wildman–Crippen MR) is 248 cm³/mol. The van der Waals surface area contributed by atoms with Crippen molar-refractivity contribution >= 4 is 46.4 Å². The quantitative estimate of drug-likeness (QED) is 0.0899. The highest BCUT2D eigenvalue weighted by atomic mass is 31.2. The maximum absolute atomic E-state index is 15.1. The van der Waals surface area contributed by atoms with Gasteiger partial charge in [-0.25, -0.2) is 0 Å². The summed E-state index contributed by atoms with van der Waals surface area (Å²) < 4.78 is 103. The van der Waals surface area contributed by atoms with E-state index in [4.69, 9.17) is 9.47 Å². The molecule has 0 saturated carbocycles. The number of hydrogen-bond donors (Lipinski definition) is 0. The first-order valence-electron chi connectivity index (χ1n) is 20.1. The molecule has 0 aromatic heterocycles. The molecule has 0 unspecified atom stereocenters. The van der Waals surface area contributed by atoms with Crippen molar-refractivity contribution in [3.8, 4) is 23.0 Å². The zero-order valence-electron chi connectivity index (χ0n) is 34.3. The third-order valence-electron chi connectivity index (χ3n) is 11.7. The van der Waals surface area contributed by atoms with Crippen LogP contribution < -0.4 is 41.3 Å². The molecule has 0 aliphatic carbocycles. The topological polar surface area (TPSA) is 18.5 Å². The highest BCUT2D eigenvalue weighted by molar-refractivity contribution is 7.95. The van der Waals surface area contributed by atoms with Crippen molar-refractivity contribution in [2.24, 2.45) is 0 Å². The van der Waals surface area contributed by atoms with Crippen LogP contribution in [0.3, 0.4) is 0 Å². The molecule has 0 atom stereocenters. The second-order valence-electron chi connectivity index (χ2n) is 15.3. The molecule has 0 saturated heterocycles. The Kier molecular flexibility index (Phi) is 12.1. The maximum Gasteiger partial charge on any atom is 0.411 e. The van der Waals surface area contributed by atoms with Crippen LogP contribution in [0.1, 0.15) is 11.1 Å². The molecule has 0 amide bonds. The molecule has 0 spiro atoms. The number of halogens is 6. The normalized spacial score (nSPS) is 12.4. The van der Waals surface area contributed by atoms with Gasteiger partial charge >= 0.3 is 12.4 Å². The number of ether oxygens (including phenoxy) is 2. The lowest BCUT2D eigenvalue weighted by atomic mass is 9.73. The Morgan fingerprint density at radius 3 is 0.714 bits per heavy atom. The van der Waals surface area contributed by atoms with Gasteiger partial charge in [-0.2, -0.15) is 26.3 Å². The number of alkyl halides is 6. The molecule has 0 radical (unpaired) electrons. The first-order valence-corrected chi connectivity index (χ1v) is 24.6. The third kappa shape index (κ3) is 8.26. The van der Waals surface area contributed by atoms with E-state index in [1.54, 1.807) is 24.3 Å². The lowest BCUT2D eigenvalue weighted by Crippen LogP contribution is -2.54. The smallest absolute Gasteiger partial charge is 0.411 e. The van der Waals surface area contributed by atoms with Crippen LogP contribution in [0, 0.1) is 0 Å². The third-order valence-corrected chi connectivity index (χ3v) is 19.7. The van der Waals surface area contributed by atoms with Crippen molar-refractivity contribution in [1.82, 2.24) is 0 Å². The van der Waals surface area contributed by atoms with Gasteiger partial charge in [-0.15, -0.1) is 0 Å². The van der Waals surface area contributed by atoms with Crippen LogP contribution in [-0.2, 0) is 5.41 Å². The van der Waals surface area contributed by atoms with E-state index in [1.807, 2.05) is 97.1 Å². The largest absolute Gasteiger partial charge is 0.457 e. The number of benzene rings is 8. The molecule has 10 heteroatoms. The summed E-state index contributed by atoms with van der Waals surface area (Å²) in [4.78, 5) is 0. The Morgan fingerprint density at radius 2 is 0.492 bits per heavy atom. The maximum atomic E-state index is 15.1. The Labute approximate surface area is 364 Å². The predicted octanol–water partition coefficient (Wildman–Crippen LogP) is 12.5. The molecule has 8 rings (SSSR count). The van der Waals surface area contributed by atoms with Crippen LogP contribution in [0.2, 0.25) is 0 Å². The SMILES string of the molecule is C[P+](c1ccccc1)(c1ccccc1)c1ccc(Oc2ccc(C(c3ccc(Oc4ccc([P+](C)(c5ccccc5)c5ccccc5)cc4)cc3)(C(F)(F)F)C(F)(F)F)cc2)cc1. The fourth-order valence-electron chi connectivity index (χ4n) is 8.22. The zero-order valence-corrected chi connectivity index (χ0v) is 36.1. The highest BCUT2D eigenvalue weighted by Crippen LogP contribution is 2.57. The van der Waals surface area contributed by atoms with Gasteiger partial charge in [-0.3, -0.25) is 0 Å². The van der Waals surface area contributed by atoms with E-state index in [0.717, 1.165) is 59.1 Å². The molecule has 8 aromatic carbocycles. The minimum atomic E-state index is -5.76. The first kappa shape index (κ1) is 43.4. The first-order chi connectivity index (χ1) is 30.2. The Bertz CT molecular complexity index is 2460. The molecule has 0 N–H and O–H groups in total. The summed E-state index contributed by atoms with van der Waals surface area (Å²) in [5.41, 5.74) is -6.33.